The summed E-state index contributed by atoms with van der Waals surface area (Å²) in [7, 11) is 0. The van der Waals surface area contributed by atoms with E-state index in [1.54, 1.807) is 5.01 Å². The topological polar surface area (TPSA) is 111 Å². The van der Waals surface area contributed by atoms with E-state index in [-0.39, 0.29) is 58.1 Å². The predicted molar refractivity (Wildman–Crippen MR) is 123 cm³/mol. The van der Waals surface area contributed by atoms with Crippen molar-refractivity contribution in [3.63, 3.8) is 0 Å². The molecule has 2 aromatic carbocycles. The van der Waals surface area contributed by atoms with Gasteiger partial charge in [0.1, 0.15) is 28.9 Å². The lowest BCUT2D eigenvalue weighted by atomic mass is 9.92. The Balaban J connectivity index is 1.35. The van der Waals surface area contributed by atoms with E-state index in [0.29, 0.717) is 32.4 Å². The van der Waals surface area contributed by atoms with Gasteiger partial charge in [0.2, 0.25) is 0 Å². The second kappa shape index (κ2) is 12.0. The molecule has 34 heavy (non-hydrogen) atoms. The minimum absolute atomic E-state index is 0.00651. The van der Waals surface area contributed by atoms with Crippen LogP contribution in [0.1, 0.15) is 19.3 Å². The number of nitro groups is 1. The Morgan fingerprint density at radius 2 is 1.68 bits per heavy atom. The summed E-state index contributed by atoms with van der Waals surface area (Å²) >= 11 is 11.4. The van der Waals surface area contributed by atoms with Crippen molar-refractivity contribution in [2.75, 3.05) is 26.3 Å². The molecule has 1 N–H and O–H groups in total. The fourth-order valence-electron chi connectivity index (χ4n) is 3.44. The van der Waals surface area contributed by atoms with Crippen molar-refractivity contribution in [3.05, 3.63) is 62.4 Å². The lowest BCUT2D eigenvalue weighted by Gasteiger charge is -2.31. The van der Waals surface area contributed by atoms with Crippen molar-refractivity contribution in [2.45, 2.75) is 19.3 Å². The third-order valence-corrected chi connectivity index (χ3v) is 5.81. The molecule has 1 fully saturated rings. The normalized spacial score (nSPS) is 14.4. The number of hydrazine groups is 1. The Morgan fingerprint density at radius 3 is 2.32 bits per heavy atom. The summed E-state index contributed by atoms with van der Waals surface area (Å²) in [6.07, 6.45) is 1.70. The first-order valence-corrected chi connectivity index (χ1v) is 11.2. The summed E-state index contributed by atoms with van der Waals surface area (Å²) in [4.78, 5) is 34.7. The standard InChI is InChI=1S/C22H22Cl2FN3O6/c23-18-3-1-16(10-20(18)25)34-13-22(30)26-27-7-5-14(6-8-27)9-15(29)12-33-17-2-4-19(24)21(11-17)28(31)32/h1-4,10-11,14H,5-9,12-13H2,(H,26,30). The number of carbonyl (C=O) groups is 2. The minimum Gasteiger partial charge on any atom is -0.486 e. The van der Waals surface area contributed by atoms with Gasteiger partial charge in [-0.1, -0.05) is 23.2 Å². The number of hydrogen-bond acceptors (Lipinski definition) is 7. The number of amides is 1. The van der Waals surface area contributed by atoms with Crippen LogP contribution in [0.2, 0.25) is 10.0 Å². The molecule has 0 spiro atoms. The van der Waals surface area contributed by atoms with Gasteiger partial charge in [0.25, 0.3) is 11.6 Å². The fraction of sp³-hybridized carbons (Fsp3) is 0.364. The summed E-state index contributed by atoms with van der Waals surface area (Å²) in [5.74, 6) is -0.595. The predicted octanol–water partition coefficient (Wildman–Crippen LogP) is 4.20. The van der Waals surface area contributed by atoms with E-state index in [1.807, 2.05) is 0 Å². The zero-order chi connectivity index (χ0) is 24.7. The number of carbonyl (C=O) groups excluding carboxylic acids is 2. The highest BCUT2D eigenvalue weighted by Gasteiger charge is 2.23. The van der Waals surface area contributed by atoms with Gasteiger partial charge in [0, 0.05) is 25.6 Å². The van der Waals surface area contributed by atoms with Crippen LogP contribution in [0.3, 0.4) is 0 Å². The summed E-state index contributed by atoms with van der Waals surface area (Å²) in [6, 6.07) is 7.93. The highest BCUT2D eigenvalue weighted by molar-refractivity contribution is 6.32. The summed E-state index contributed by atoms with van der Waals surface area (Å²) in [5.41, 5.74) is 2.44. The molecule has 9 nitrogen and oxygen atoms in total. The van der Waals surface area contributed by atoms with Crippen LogP contribution in [-0.2, 0) is 9.59 Å². The Kier molecular flexibility index (Phi) is 9.03. The van der Waals surface area contributed by atoms with Crippen molar-refractivity contribution in [1.82, 2.24) is 10.4 Å². The van der Waals surface area contributed by atoms with Crippen molar-refractivity contribution in [1.29, 1.82) is 0 Å². The number of nitro benzene ring substituents is 1. The van der Waals surface area contributed by atoms with E-state index < -0.39 is 10.7 Å². The Hall–Kier alpha value is -2.95. The number of nitrogens with one attached hydrogen (secondary N) is 1. The SMILES string of the molecule is O=C(COc1ccc(Cl)c([N+](=O)[O-])c1)CC1CCN(NC(=O)COc2ccc(Cl)c(F)c2)CC1. The van der Waals surface area contributed by atoms with Gasteiger partial charge in [-0.25, -0.2) is 9.40 Å². The van der Waals surface area contributed by atoms with Crippen LogP contribution < -0.4 is 14.9 Å². The number of ether oxygens (including phenoxy) is 2. The number of nitrogens with zero attached hydrogens (tertiary/aromatic N) is 2. The largest absolute Gasteiger partial charge is 0.486 e. The Labute approximate surface area is 204 Å². The smallest absolute Gasteiger partial charge is 0.291 e. The maximum Gasteiger partial charge on any atom is 0.291 e. The highest BCUT2D eigenvalue weighted by Crippen LogP contribution is 2.29. The molecule has 0 saturated carbocycles. The number of piperidine rings is 1. The zero-order valence-electron chi connectivity index (χ0n) is 18.0. The average Bonchev–Trinajstić information content (AvgIpc) is 2.80. The fourth-order valence-corrected chi connectivity index (χ4v) is 3.74. The van der Waals surface area contributed by atoms with Crippen LogP contribution >= 0.6 is 23.2 Å². The van der Waals surface area contributed by atoms with Crippen molar-refractivity contribution in [3.8, 4) is 11.5 Å². The lowest BCUT2D eigenvalue weighted by Crippen LogP contribution is -2.48. The molecule has 182 valence electrons. The highest BCUT2D eigenvalue weighted by atomic mass is 35.5. The second-order valence-electron chi connectivity index (χ2n) is 7.73. The number of benzene rings is 2. The third kappa shape index (κ3) is 7.54. The number of Topliss-reactive ketones (excluding diaryl/α,β-unsaturated/α-hetero) is 1. The summed E-state index contributed by atoms with van der Waals surface area (Å²) < 4.78 is 24.1. The monoisotopic (exact) mass is 513 g/mol. The van der Waals surface area contributed by atoms with Gasteiger partial charge in [-0.05, 0) is 43.0 Å². The van der Waals surface area contributed by atoms with E-state index in [2.05, 4.69) is 5.43 Å². The molecular weight excluding hydrogens is 492 g/mol. The van der Waals surface area contributed by atoms with E-state index in [0.717, 1.165) is 6.07 Å². The maximum atomic E-state index is 13.4. The quantitative estimate of drug-likeness (QED) is 0.374. The van der Waals surface area contributed by atoms with Gasteiger partial charge in [-0.3, -0.25) is 25.1 Å². The number of hydrogen-bond donors (Lipinski definition) is 1. The first kappa shape index (κ1) is 25.7. The van der Waals surface area contributed by atoms with E-state index in [9.17, 15) is 24.1 Å². The number of halogens is 3. The average molecular weight is 514 g/mol. The molecule has 0 unspecified atom stereocenters. The van der Waals surface area contributed by atoms with Crippen LogP contribution in [0.15, 0.2) is 36.4 Å². The number of ketones is 1. The van der Waals surface area contributed by atoms with Crippen LogP contribution in [-0.4, -0.2) is 47.9 Å². The summed E-state index contributed by atoms with van der Waals surface area (Å²) in [5, 5.41) is 12.6. The van der Waals surface area contributed by atoms with Gasteiger partial charge in [-0.15, -0.1) is 0 Å². The van der Waals surface area contributed by atoms with Crippen LogP contribution in [0.25, 0.3) is 0 Å². The van der Waals surface area contributed by atoms with Gasteiger partial charge in [0.15, 0.2) is 12.4 Å². The van der Waals surface area contributed by atoms with Crippen LogP contribution in [0.4, 0.5) is 10.1 Å². The Bertz CT molecular complexity index is 1060. The molecule has 0 radical (unpaired) electrons. The van der Waals surface area contributed by atoms with Gasteiger partial charge in [-0.2, -0.15) is 0 Å². The lowest BCUT2D eigenvalue weighted by molar-refractivity contribution is -0.384. The van der Waals surface area contributed by atoms with Crippen LogP contribution in [0.5, 0.6) is 11.5 Å². The van der Waals surface area contributed by atoms with Crippen molar-refractivity contribution >= 4 is 40.6 Å². The van der Waals surface area contributed by atoms with Gasteiger partial charge < -0.3 is 9.47 Å². The molecule has 12 heteroatoms. The molecule has 1 aliphatic rings. The molecule has 0 aliphatic carbocycles. The molecule has 0 atom stereocenters. The van der Waals surface area contributed by atoms with Crippen molar-refractivity contribution < 1.29 is 28.4 Å². The second-order valence-corrected chi connectivity index (χ2v) is 8.55. The first-order chi connectivity index (χ1) is 16.2. The number of rotatable bonds is 10. The third-order valence-electron chi connectivity index (χ3n) is 5.19. The van der Waals surface area contributed by atoms with E-state index in [1.165, 1.54) is 30.3 Å². The zero-order valence-corrected chi connectivity index (χ0v) is 19.5. The molecule has 3 rings (SSSR count). The Morgan fingerprint density at radius 1 is 1.06 bits per heavy atom. The molecule has 0 aromatic heterocycles. The molecule has 0 bridgehead atoms. The molecule has 1 saturated heterocycles. The van der Waals surface area contributed by atoms with E-state index >= 15 is 0 Å². The molecular formula is C22H22Cl2FN3O6. The van der Waals surface area contributed by atoms with Gasteiger partial charge in [0.05, 0.1) is 16.0 Å². The molecule has 1 aliphatic heterocycles. The molecule has 1 heterocycles. The van der Waals surface area contributed by atoms with Crippen molar-refractivity contribution in [2.24, 2.45) is 5.92 Å². The first-order valence-electron chi connectivity index (χ1n) is 10.4. The van der Waals surface area contributed by atoms with Gasteiger partial charge >= 0.3 is 0 Å². The maximum absolute atomic E-state index is 13.4. The van der Waals surface area contributed by atoms with E-state index in [4.69, 9.17) is 32.7 Å². The van der Waals surface area contributed by atoms with Crippen LogP contribution in [0, 0.1) is 21.8 Å². The molecule has 2 aromatic rings. The molecule has 1 amide bonds. The summed E-state index contributed by atoms with van der Waals surface area (Å²) in [6.45, 7) is 0.644. The minimum atomic E-state index is -0.629.